The first-order valence-electron chi connectivity index (χ1n) is 10.9. The van der Waals surface area contributed by atoms with Crippen molar-refractivity contribution >= 4 is 23.1 Å². The number of aromatic nitrogens is 1. The smallest absolute Gasteiger partial charge is 0.330 e. The average molecular weight is 443 g/mol. The number of nitrogens with zero attached hydrogens (tertiary/aromatic N) is 3. The molecule has 2 heterocycles. The molecule has 4 N–H and O–H groups in total. The molecule has 1 aliphatic rings. The third-order valence-electron chi connectivity index (χ3n) is 5.83. The quantitative estimate of drug-likeness (QED) is 0.310. The summed E-state index contributed by atoms with van der Waals surface area (Å²) in [5.74, 6) is 0.188. The summed E-state index contributed by atoms with van der Waals surface area (Å²) in [5.41, 5.74) is 10.1. The van der Waals surface area contributed by atoms with Crippen molar-refractivity contribution in [2.24, 2.45) is 10.7 Å². The summed E-state index contributed by atoms with van der Waals surface area (Å²) in [6.07, 6.45) is 6.49. The van der Waals surface area contributed by atoms with Crippen LogP contribution < -0.4 is 20.7 Å². The maximum absolute atomic E-state index is 13.1. The number of nitrogens with two attached hydrogens (primary N) is 1. The maximum atomic E-state index is 13.1. The van der Waals surface area contributed by atoms with Gasteiger partial charge in [-0.1, -0.05) is 47.2 Å². The van der Waals surface area contributed by atoms with Gasteiger partial charge in [-0.15, -0.1) is 0 Å². The topological polar surface area (TPSA) is 94.8 Å². The van der Waals surface area contributed by atoms with Gasteiger partial charge in [0, 0.05) is 30.9 Å². The molecule has 0 saturated carbocycles. The normalized spacial score (nSPS) is 16.3. The minimum atomic E-state index is -0.312. The van der Waals surface area contributed by atoms with E-state index < -0.39 is 0 Å². The molecule has 168 valence electrons. The van der Waals surface area contributed by atoms with Gasteiger partial charge in [0.15, 0.2) is 0 Å². The lowest BCUT2D eigenvalue weighted by atomic mass is 10.1. The molecule has 7 heteroatoms. The molecule has 1 fully saturated rings. The molecule has 1 atom stereocenters. The summed E-state index contributed by atoms with van der Waals surface area (Å²) in [5, 5.41) is 13.3. The number of hydrogen-bond acceptors (Lipinski definition) is 5. The van der Waals surface area contributed by atoms with Gasteiger partial charge in [0.1, 0.15) is 12.2 Å². The van der Waals surface area contributed by atoms with Gasteiger partial charge in [0.05, 0.1) is 5.71 Å². The van der Waals surface area contributed by atoms with Crippen LogP contribution in [-0.4, -0.2) is 36.5 Å². The second-order valence-corrected chi connectivity index (χ2v) is 7.87. The monoisotopic (exact) mass is 442 g/mol. The van der Waals surface area contributed by atoms with E-state index >= 15 is 0 Å². The molecule has 4 rings (SSSR count). The third-order valence-corrected chi connectivity index (χ3v) is 5.83. The van der Waals surface area contributed by atoms with Gasteiger partial charge in [0.25, 0.3) is 0 Å². The molecule has 3 aromatic rings. The zero-order chi connectivity index (χ0) is 23.2. The molecule has 0 aliphatic carbocycles. The van der Waals surface area contributed by atoms with Crippen molar-refractivity contribution in [3.8, 4) is 11.1 Å². The van der Waals surface area contributed by atoms with Gasteiger partial charge in [-0.25, -0.2) is 10.1 Å². The summed E-state index contributed by atoms with van der Waals surface area (Å²) in [6, 6.07) is 21.0. The summed E-state index contributed by atoms with van der Waals surface area (Å²) in [7, 11) is 1.73. The third kappa shape index (κ3) is 4.87. The number of benzene rings is 2. The highest BCUT2D eigenvalue weighted by atomic mass is 16.5. The fraction of sp³-hybridized carbons (Fsp3) is 0.192. The molecular formula is C26H28N5O2+. The first-order chi connectivity index (χ1) is 16.1. The number of pyridine rings is 1. The van der Waals surface area contributed by atoms with Gasteiger partial charge in [0.2, 0.25) is 0 Å². The van der Waals surface area contributed by atoms with E-state index in [1.54, 1.807) is 25.4 Å². The highest BCUT2D eigenvalue weighted by molar-refractivity contribution is 6.08. The van der Waals surface area contributed by atoms with Crippen LogP contribution in [-0.2, 0) is 4.79 Å². The summed E-state index contributed by atoms with van der Waals surface area (Å²) < 4.78 is 0.963. The number of allylic oxidation sites excluding steroid dienone is 1. The van der Waals surface area contributed by atoms with E-state index in [9.17, 15) is 10.0 Å². The number of rotatable bonds is 6. The van der Waals surface area contributed by atoms with Crippen LogP contribution in [0.5, 0.6) is 0 Å². The molecule has 1 aliphatic heterocycles. The molecular weight excluding hydrogens is 414 g/mol. The second-order valence-electron chi connectivity index (χ2n) is 7.87. The second kappa shape index (κ2) is 9.99. The van der Waals surface area contributed by atoms with E-state index in [0.717, 1.165) is 52.2 Å². The van der Waals surface area contributed by atoms with Gasteiger partial charge < -0.3 is 15.8 Å². The van der Waals surface area contributed by atoms with E-state index in [4.69, 9.17) is 5.73 Å². The standard InChI is InChI=1S/C26H27N5O2/c1-28-23(15-16-27)20-9-12-22(13-10-20)30-17-5-8-24(30)26(32)29-25-14-11-21(18-31(25)33)19-6-3-2-4-7-19/h2-4,6-7,9-16,18,24,33H,5,8,17H2,1H3,(H2,27,28)/p+1/t24-/m0/s1. The van der Waals surface area contributed by atoms with E-state index in [-0.39, 0.29) is 11.9 Å². The Morgan fingerprint density at radius 1 is 1.12 bits per heavy atom. The largest absolute Gasteiger partial charge is 0.405 e. The predicted octanol–water partition coefficient (Wildman–Crippen LogP) is 3.38. The summed E-state index contributed by atoms with van der Waals surface area (Å²) in [6.45, 7) is 0.793. The number of anilines is 2. The molecule has 1 saturated heterocycles. The fourth-order valence-corrected chi connectivity index (χ4v) is 4.16. The molecule has 0 radical (unpaired) electrons. The molecule has 1 amide bonds. The number of nitrogens with one attached hydrogen (secondary N) is 1. The van der Waals surface area contributed by atoms with Crippen LogP contribution in [0.25, 0.3) is 11.1 Å². The molecule has 0 bridgehead atoms. The van der Waals surface area contributed by atoms with Crippen molar-refractivity contribution in [2.75, 3.05) is 23.8 Å². The van der Waals surface area contributed by atoms with Crippen molar-refractivity contribution < 1.29 is 14.7 Å². The number of carbonyl (C=O) groups is 1. The molecule has 7 nitrogen and oxygen atoms in total. The Kier molecular flexibility index (Phi) is 6.69. The number of amides is 1. The lowest BCUT2D eigenvalue weighted by Gasteiger charge is -2.24. The Bertz CT molecular complexity index is 1170. The number of hydrogen-bond donors (Lipinski definition) is 3. The molecule has 0 spiro atoms. The Balaban J connectivity index is 1.48. The van der Waals surface area contributed by atoms with Crippen LogP contribution in [0, 0.1) is 0 Å². The minimum Gasteiger partial charge on any atom is -0.405 e. The zero-order valence-electron chi connectivity index (χ0n) is 18.6. The van der Waals surface area contributed by atoms with Crippen LogP contribution in [0.3, 0.4) is 0 Å². The maximum Gasteiger partial charge on any atom is 0.330 e. The van der Waals surface area contributed by atoms with Crippen molar-refractivity contribution in [1.29, 1.82) is 0 Å². The fourth-order valence-electron chi connectivity index (χ4n) is 4.16. The van der Waals surface area contributed by atoms with Gasteiger partial charge in [-0.2, -0.15) is 0 Å². The Morgan fingerprint density at radius 3 is 2.55 bits per heavy atom. The first kappa shape index (κ1) is 22.1. The van der Waals surface area contributed by atoms with Gasteiger partial charge >= 0.3 is 11.7 Å². The van der Waals surface area contributed by atoms with Gasteiger partial charge in [-0.05, 0) is 54.4 Å². The zero-order valence-corrected chi connectivity index (χ0v) is 18.6. The van der Waals surface area contributed by atoms with Gasteiger partial charge in [-0.3, -0.25) is 4.99 Å². The first-order valence-corrected chi connectivity index (χ1v) is 10.9. The van der Waals surface area contributed by atoms with Crippen LogP contribution in [0.2, 0.25) is 0 Å². The van der Waals surface area contributed by atoms with Crippen LogP contribution >= 0.6 is 0 Å². The van der Waals surface area contributed by atoms with Crippen molar-refractivity contribution in [3.05, 3.63) is 90.8 Å². The van der Waals surface area contributed by atoms with Crippen LogP contribution in [0.4, 0.5) is 11.5 Å². The van der Waals surface area contributed by atoms with E-state index in [2.05, 4.69) is 15.2 Å². The van der Waals surface area contributed by atoms with E-state index in [1.807, 2.05) is 60.7 Å². The SMILES string of the molecule is CN=C(/C=C\N)c1ccc(N2CCC[C@H]2C(=O)Nc2ccc(-c3ccccc3)c[n+]2O)cc1. The Hall–Kier alpha value is -4.13. The highest BCUT2D eigenvalue weighted by Gasteiger charge is 2.34. The highest BCUT2D eigenvalue weighted by Crippen LogP contribution is 2.27. The van der Waals surface area contributed by atoms with E-state index in [0.29, 0.717) is 5.82 Å². The van der Waals surface area contributed by atoms with Crippen LogP contribution in [0.1, 0.15) is 18.4 Å². The molecule has 33 heavy (non-hydrogen) atoms. The Morgan fingerprint density at radius 2 is 1.88 bits per heavy atom. The minimum absolute atomic E-state index is 0.145. The lowest BCUT2D eigenvalue weighted by molar-refractivity contribution is -0.893. The predicted molar refractivity (Wildman–Crippen MR) is 130 cm³/mol. The lowest BCUT2D eigenvalue weighted by Crippen LogP contribution is -2.43. The Labute approximate surface area is 193 Å². The summed E-state index contributed by atoms with van der Waals surface area (Å²) >= 11 is 0. The molecule has 2 aromatic carbocycles. The average Bonchev–Trinajstić information content (AvgIpc) is 3.35. The van der Waals surface area contributed by atoms with Crippen LogP contribution in [0.15, 0.2) is 90.2 Å². The number of aliphatic imine (C=N–C) groups is 1. The number of carbonyl (C=O) groups excluding carboxylic acids is 1. The van der Waals surface area contributed by atoms with E-state index in [1.165, 1.54) is 6.20 Å². The molecule has 1 aromatic heterocycles. The van der Waals surface area contributed by atoms with Crippen molar-refractivity contribution in [1.82, 2.24) is 0 Å². The molecule has 0 unspecified atom stereocenters. The summed E-state index contributed by atoms with van der Waals surface area (Å²) in [4.78, 5) is 19.4. The van der Waals surface area contributed by atoms with Crippen molar-refractivity contribution in [3.63, 3.8) is 0 Å². The van der Waals surface area contributed by atoms with Crippen molar-refractivity contribution in [2.45, 2.75) is 18.9 Å².